The van der Waals surface area contributed by atoms with Gasteiger partial charge in [-0.05, 0) is 20.3 Å². The molecule has 0 spiro atoms. The maximum Gasteiger partial charge on any atom is 0.255 e. The van der Waals surface area contributed by atoms with E-state index in [9.17, 15) is 4.79 Å². The lowest BCUT2D eigenvalue weighted by Gasteiger charge is -2.08. The maximum atomic E-state index is 11.9. The molecule has 0 bridgehead atoms. The number of hydrogen-bond donors (Lipinski definition) is 1. The lowest BCUT2D eigenvalue weighted by Crippen LogP contribution is -2.30. The molecule has 1 aromatic rings. The Morgan fingerprint density at radius 2 is 2.19 bits per heavy atom. The fourth-order valence-electron chi connectivity index (χ4n) is 1.54. The Balaban J connectivity index is 2.73. The summed E-state index contributed by atoms with van der Waals surface area (Å²) in [7, 11) is 1.83. The van der Waals surface area contributed by atoms with Gasteiger partial charge < -0.3 is 5.32 Å². The van der Waals surface area contributed by atoms with Crippen LogP contribution in [0, 0.1) is 13.8 Å². The van der Waals surface area contributed by atoms with Crippen LogP contribution in [0.2, 0.25) is 0 Å². The van der Waals surface area contributed by atoms with Gasteiger partial charge in [0, 0.05) is 19.3 Å². The van der Waals surface area contributed by atoms with Gasteiger partial charge in [0.05, 0.1) is 16.6 Å². The van der Waals surface area contributed by atoms with Crippen molar-refractivity contribution in [1.82, 2.24) is 15.1 Å². The molecule has 0 aliphatic carbocycles. The van der Waals surface area contributed by atoms with E-state index >= 15 is 0 Å². The second kappa shape index (κ2) is 5.34. The highest BCUT2D eigenvalue weighted by Crippen LogP contribution is 2.11. The summed E-state index contributed by atoms with van der Waals surface area (Å²) in [4.78, 5) is 11.9. The van der Waals surface area contributed by atoms with Crippen molar-refractivity contribution in [1.29, 1.82) is 0 Å². The molecule has 0 aliphatic rings. The van der Waals surface area contributed by atoms with E-state index in [2.05, 4.69) is 10.4 Å². The van der Waals surface area contributed by atoms with Crippen molar-refractivity contribution in [3.63, 3.8) is 0 Å². The van der Waals surface area contributed by atoms with E-state index in [1.807, 2.05) is 27.8 Å². The Kier molecular flexibility index (Phi) is 4.35. The first-order chi connectivity index (χ1) is 7.47. The molecule has 5 heteroatoms. The maximum absolute atomic E-state index is 11.9. The predicted molar refractivity (Wildman–Crippen MR) is 64.9 cm³/mol. The van der Waals surface area contributed by atoms with Crippen LogP contribution in [-0.4, -0.2) is 27.6 Å². The van der Waals surface area contributed by atoms with Gasteiger partial charge in [-0.2, -0.15) is 5.10 Å². The van der Waals surface area contributed by atoms with Gasteiger partial charge >= 0.3 is 0 Å². The van der Waals surface area contributed by atoms with Crippen LogP contribution in [0.5, 0.6) is 0 Å². The normalized spacial score (nSPS) is 12.6. The van der Waals surface area contributed by atoms with Crippen molar-refractivity contribution in [2.45, 2.75) is 32.6 Å². The first-order valence-corrected chi connectivity index (χ1v) is 5.83. The van der Waals surface area contributed by atoms with Crippen LogP contribution in [0.4, 0.5) is 0 Å². The predicted octanol–water partition coefficient (Wildman–Crippen LogP) is 1.78. The van der Waals surface area contributed by atoms with Gasteiger partial charge in [0.25, 0.3) is 5.91 Å². The van der Waals surface area contributed by atoms with Crippen LogP contribution < -0.4 is 5.32 Å². The molecule has 0 fully saturated rings. The van der Waals surface area contributed by atoms with Gasteiger partial charge in [-0.25, -0.2) is 0 Å². The number of alkyl halides is 1. The van der Waals surface area contributed by atoms with E-state index < -0.39 is 0 Å². The molecule has 1 rings (SSSR count). The highest BCUT2D eigenvalue weighted by molar-refractivity contribution is 6.20. The second-order valence-corrected chi connectivity index (χ2v) is 4.50. The summed E-state index contributed by atoms with van der Waals surface area (Å²) < 4.78 is 1.71. The number of rotatable bonds is 4. The van der Waals surface area contributed by atoms with Crippen molar-refractivity contribution in [3.8, 4) is 0 Å². The summed E-state index contributed by atoms with van der Waals surface area (Å²) in [5.41, 5.74) is 2.28. The zero-order valence-corrected chi connectivity index (χ0v) is 10.9. The summed E-state index contributed by atoms with van der Waals surface area (Å²) in [6.45, 7) is 6.20. The molecule has 0 saturated heterocycles. The number of nitrogens with one attached hydrogen (secondary N) is 1. The third kappa shape index (κ3) is 2.76. The van der Waals surface area contributed by atoms with Crippen LogP contribution >= 0.6 is 11.6 Å². The zero-order valence-electron chi connectivity index (χ0n) is 10.2. The third-order valence-corrected chi connectivity index (χ3v) is 3.13. The van der Waals surface area contributed by atoms with Gasteiger partial charge in [-0.3, -0.25) is 9.48 Å². The van der Waals surface area contributed by atoms with Crippen LogP contribution in [0.15, 0.2) is 0 Å². The van der Waals surface area contributed by atoms with Gasteiger partial charge in [-0.1, -0.05) is 6.92 Å². The van der Waals surface area contributed by atoms with E-state index in [1.165, 1.54) is 0 Å². The molecule has 0 saturated carbocycles. The molecule has 16 heavy (non-hydrogen) atoms. The molecule has 4 nitrogen and oxygen atoms in total. The van der Waals surface area contributed by atoms with Gasteiger partial charge in [-0.15, -0.1) is 11.6 Å². The minimum Gasteiger partial charge on any atom is -0.350 e. The van der Waals surface area contributed by atoms with Crippen molar-refractivity contribution in [2.75, 3.05) is 6.54 Å². The first-order valence-electron chi connectivity index (χ1n) is 5.39. The summed E-state index contributed by atoms with van der Waals surface area (Å²) >= 11 is 5.95. The van der Waals surface area contributed by atoms with Gasteiger partial charge in [0.1, 0.15) is 0 Å². The smallest absolute Gasteiger partial charge is 0.255 e. The topological polar surface area (TPSA) is 46.9 Å². The van der Waals surface area contributed by atoms with Crippen LogP contribution in [0.3, 0.4) is 0 Å². The molecule has 0 radical (unpaired) electrons. The number of amides is 1. The molecule has 1 unspecified atom stereocenters. The molecular formula is C11H18ClN3O. The molecular weight excluding hydrogens is 226 g/mol. The highest BCUT2D eigenvalue weighted by atomic mass is 35.5. The third-order valence-electron chi connectivity index (χ3n) is 2.66. The number of aromatic nitrogens is 2. The van der Waals surface area contributed by atoms with Crippen LogP contribution in [0.25, 0.3) is 0 Å². The Labute approximate surface area is 101 Å². The number of carbonyl (C=O) groups is 1. The standard InChI is InChI=1S/C11H18ClN3O/c1-5-9(12)6-13-11(16)10-7(2)14-15(4)8(10)3/h9H,5-6H2,1-4H3,(H,13,16). The van der Waals surface area contributed by atoms with E-state index in [0.29, 0.717) is 12.1 Å². The monoisotopic (exact) mass is 243 g/mol. The lowest BCUT2D eigenvalue weighted by molar-refractivity contribution is 0.0952. The van der Waals surface area contributed by atoms with Crippen molar-refractivity contribution >= 4 is 17.5 Å². The minimum atomic E-state index is -0.0952. The largest absolute Gasteiger partial charge is 0.350 e. The number of halogens is 1. The molecule has 1 N–H and O–H groups in total. The second-order valence-electron chi connectivity index (χ2n) is 3.88. The number of nitrogens with zero attached hydrogens (tertiary/aromatic N) is 2. The first kappa shape index (κ1) is 13.0. The summed E-state index contributed by atoms with van der Waals surface area (Å²) in [5.74, 6) is -0.0952. The average molecular weight is 244 g/mol. The lowest BCUT2D eigenvalue weighted by atomic mass is 10.2. The Bertz CT molecular complexity index is 387. The average Bonchev–Trinajstić information content (AvgIpc) is 2.49. The van der Waals surface area contributed by atoms with E-state index in [4.69, 9.17) is 11.6 Å². The number of hydrogen-bond acceptors (Lipinski definition) is 2. The fourth-order valence-corrected chi connectivity index (χ4v) is 1.62. The Morgan fingerprint density at radius 1 is 1.56 bits per heavy atom. The van der Waals surface area contributed by atoms with E-state index in [-0.39, 0.29) is 11.3 Å². The molecule has 1 amide bonds. The molecule has 0 aliphatic heterocycles. The number of aryl methyl sites for hydroxylation is 2. The summed E-state index contributed by atoms with van der Waals surface area (Å²) in [5, 5.41) is 7.01. The quantitative estimate of drug-likeness (QED) is 0.820. The van der Waals surface area contributed by atoms with E-state index in [1.54, 1.807) is 4.68 Å². The molecule has 1 heterocycles. The molecule has 1 atom stereocenters. The van der Waals surface area contributed by atoms with Gasteiger partial charge in [0.2, 0.25) is 0 Å². The van der Waals surface area contributed by atoms with Crippen LogP contribution in [0.1, 0.15) is 35.1 Å². The molecule has 0 aromatic carbocycles. The summed E-state index contributed by atoms with van der Waals surface area (Å²) in [6.07, 6.45) is 0.840. The van der Waals surface area contributed by atoms with Crippen molar-refractivity contribution in [3.05, 3.63) is 17.0 Å². The Hall–Kier alpha value is -1.03. The SMILES string of the molecule is CCC(Cl)CNC(=O)c1c(C)nn(C)c1C. The fraction of sp³-hybridized carbons (Fsp3) is 0.636. The molecule has 1 aromatic heterocycles. The van der Waals surface area contributed by atoms with Crippen molar-refractivity contribution < 1.29 is 4.79 Å². The molecule has 90 valence electrons. The minimum absolute atomic E-state index is 0.0127. The highest BCUT2D eigenvalue weighted by Gasteiger charge is 2.17. The summed E-state index contributed by atoms with van der Waals surface area (Å²) in [6, 6.07) is 0. The number of carbonyl (C=O) groups excluding carboxylic acids is 1. The zero-order chi connectivity index (χ0) is 12.3. The van der Waals surface area contributed by atoms with Crippen molar-refractivity contribution in [2.24, 2.45) is 7.05 Å². The Morgan fingerprint density at radius 3 is 2.62 bits per heavy atom. The van der Waals surface area contributed by atoms with Crippen LogP contribution in [-0.2, 0) is 7.05 Å². The van der Waals surface area contributed by atoms with Gasteiger partial charge in [0.15, 0.2) is 0 Å². The van der Waals surface area contributed by atoms with E-state index in [0.717, 1.165) is 17.8 Å².